The molecule has 15 heteroatoms. The lowest BCUT2D eigenvalue weighted by atomic mass is 9.75. The van der Waals surface area contributed by atoms with Gasteiger partial charge < -0.3 is 24.1 Å². The maximum absolute atomic E-state index is 14.5. The Labute approximate surface area is 280 Å². The van der Waals surface area contributed by atoms with Crippen molar-refractivity contribution in [3.05, 3.63) is 65.5 Å². The Morgan fingerprint density at radius 2 is 1.88 bits per heavy atom. The number of imidazole rings is 1. The van der Waals surface area contributed by atoms with Crippen LogP contribution >= 0.6 is 0 Å². The van der Waals surface area contributed by atoms with E-state index < -0.39 is 36.0 Å². The van der Waals surface area contributed by atoms with Gasteiger partial charge in [-0.05, 0) is 67.5 Å². The Hall–Kier alpha value is -3.98. The molecule has 2 aliphatic heterocycles. The SMILES string of the molecule is CNC(=O)N1CCn2c(C3CC(F)(F)C3)nc(CCC3(C)OB(c4cccc5cc(-c6cnn(C)c6)c(C(F)(F)F)cc45)OC3(C)C)c2C1. The van der Waals surface area contributed by atoms with Gasteiger partial charge in [0.25, 0.3) is 0 Å². The quantitative estimate of drug-likeness (QED) is 0.198. The van der Waals surface area contributed by atoms with Crippen LogP contribution in [-0.2, 0) is 42.0 Å². The van der Waals surface area contributed by atoms with Crippen LogP contribution in [0, 0.1) is 0 Å². The molecule has 1 atom stereocenters. The zero-order valence-corrected chi connectivity index (χ0v) is 28.0. The number of alkyl halides is 5. The number of hydrogen-bond donors (Lipinski definition) is 1. The molecule has 49 heavy (non-hydrogen) atoms. The fourth-order valence-corrected chi connectivity index (χ4v) is 7.38. The van der Waals surface area contributed by atoms with Crippen molar-refractivity contribution in [2.75, 3.05) is 13.6 Å². The van der Waals surface area contributed by atoms with Crippen LogP contribution in [0.5, 0.6) is 0 Å². The monoisotopic (exact) mass is 684 g/mol. The van der Waals surface area contributed by atoms with E-state index in [-0.39, 0.29) is 30.4 Å². The normalized spacial score (nSPS) is 22.0. The van der Waals surface area contributed by atoms with E-state index in [2.05, 4.69) is 10.4 Å². The van der Waals surface area contributed by atoms with Gasteiger partial charge in [-0.1, -0.05) is 18.2 Å². The van der Waals surface area contributed by atoms with Gasteiger partial charge in [-0.25, -0.2) is 18.6 Å². The summed E-state index contributed by atoms with van der Waals surface area (Å²) >= 11 is 0. The standard InChI is InChI=1S/C34H38BF5N6O3/c1-31(2)32(3,10-9-27-28-19-45(30(47)41-4)11-12-46(28)29(43-27)21-15-33(36,37)16-21)49-35(48-31)26-8-6-7-20-13-23(22-17-42-44(5)18-22)25(14-24(20)26)34(38,39)40/h6-8,13-14,17-18,21H,9-12,15-16,19H2,1-5H3,(H,41,47). The van der Waals surface area contributed by atoms with E-state index in [0.29, 0.717) is 65.8 Å². The lowest BCUT2D eigenvalue weighted by Crippen LogP contribution is -2.45. The van der Waals surface area contributed by atoms with Gasteiger partial charge in [0.15, 0.2) is 0 Å². The highest BCUT2D eigenvalue weighted by atomic mass is 19.4. The summed E-state index contributed by atoms with van der Waals surface area (Å²) in [5.41, 5.74) is -0.152. The van der Waals surface area contributed by atoms with Crippen molar-refractivity contribution >= 4 is 29.4 Å². The minimum Gasteiger partial charge on any atom is -0.399 e. The van der Waals surface area contributed by atoms with E-state index >= 15 is 0 Å². The molecule has 4 aromatic rings. The van der Waals surface area contributed by atoms with Gasteiger partial charge in [0.1, 0.15) is 5.82 Å². The molecule has 260 valence electrons. The Bertz CT molecular complexity index is 1930. The first-order valence-electron chi connectivity index (χ1n) is 16.4. The summed E-state index contributed by atoms with van der Waals surface area (Å²) in [4.78, 5) is 19.1. The molecular formula is C34H38BF5N6O3. The second-order valence-corrected chi connectivity index (χ2v) is 14.1. The average molecular weight is 685 g/mol. The molecule has 9 nitrogen and oxygen atoms in total. The zero-order valence-electron chi connectivity index (χ0n) is 28.0. The molecule has 0 bridgehead atoms. The third-order valence-electron chi connectivity index (χ3n) is 10.6. The number of urea groups is 1. The lowest BCUT2D eigenvalue weighted by molar-refractivity contribution is -0.137. The molecule has 2 aromatic heterocycles. The van der Waals surface area contributed by atoms with Gasteiger partial charge >= 0.3 is 19.3 Å². The Morgan fingerprint density at radius 3 is 2.53 bits per heavy atom. The van der Waals surface area contributed by atoms with E-state index in [9.17, 15) is 26.7 Å². The first-order chi connectivity index (χ1) is 23.0. The smallest absolute Gasteiger partial charge is 0.399 e. The number of carbonyl (C=O) groups is 1. The van der Waals surface area contributed by atoms with E-state index in [4.69, 9.17) is 14.3 Å². The summed E-state index contributed by atoms with van der Waals surface area (Å²) in [5.74, 6) is -2.44. The molecule has 1 aliphatic carbocycles. The number of nitrogens with zero attached hydrogens (tertiary/aromatic N) is 5. The van der Waals surface area contributed by atoms with Crippen LogP contribution in [0.1, 0.15) is 68.7 Å². The number of fused-ring (bicyclic) bond motifs is 2. The van der Waals surface area contributed by atoms with Crippen molar-refractivity contribution in [3.63, 3.8) is 0 Å². The van der Waals surface area contributed by atoms with E-state index in [1.807, 2.05) is 25.3 Å². The van der Waals surface area contributed by atoms with E-state index in [1.54, 1.807) is 43.4 Å². The highest BCUT2D eigenvalue weighted by Gasteiger charge is 2.55. The molecular weight excluding hydrogens is 646 g/mol. The van der Waals surface area contributed by atoms with Gasteiger partial charge in [-0.3, -0.25) is 4.68 Å². The van der Waals surface area contributed by atoms with E-state index in [0.717, 1.165) is 11.8 Å². The van der Waals surface area contributed by atoms with E-state index in [1.165, 1.54) is 16.9 Å². The molecule has 1 saturated heterocycles. The van der Waals surface area contributed by atoms with Crippen LogP contribution in [0.3, 0.4) is 0 Å². The Balaban J connectivity index is 1.19. The van der Waals surface area contributed by atoms with Crippen molar-refractivity contribution in [1.82, 2.24) is 29.5 Å². The summed E-state index contributed by atoms with van der Waals surface area (Å²) in [6.07, 6.45) is -1.33. The number of carbonyl (C=O) groups excluding carboxylic acids is 1. The number of nitrogens with one attached hydrogen (secondary N) is 1. The summed E-state index contributed by atoms with van der Waals surface area (Å²) < 4.78 is 87.7. The lowest BCUT2D eigenvalue weighted by Gasteiger charge is -2.36. The first kappa shape index (κ1) is 33.5. The number of benzene rings is 2. The second kappa shape index (κ2) is 11.5. The van der Waals surface area contributed by atoms with Crippen molar-refractivity contribution in [3.8, 4) is 11.1 Å². The van der Waals surface area contributed by atoms with Crippen molar-refractivity contribution in [2.24, 2.45) is 7.05 Å². The number of amides is 2. The van der Waals surface area contributed by atoms with Crippen LogP contribution in [0.15, 0.2) is 42.7 Å². The molecule has 1 unspecified atom stereocenters. The predicted molar refractivity (Wildman–Crippen MR) is 174 cm³/mol. The van der Waals surface area contributed by atoms with Crippen molar-refractivity contribution in [1.29, 1.82) is 0 Å². The zero-order chi connectivity index (χ0) is 35.1. The molecule has 1 N–H and O–H groups in total. The van der Waals surface area contributed by atoms with Gasteiger partial charge in [0.2, 0.25) is 5.92 Å². The number of rotatable bonds is 6. The summed E-state index contributed by atoms with van der Waals surface area (Å²) in [6, 6.07) is 7.71. The molecule has 0 spiro atoms. The molecule has 1 saturated carbocycles. The maximum atomic E-state index is 14.5. The van der Waals surface area contributed by atoms with Gasteiger partial charge in [-0.15, -0.1) is 0 Å². The molecule has 2 amide bonds. The second-order valence-electron chi connectivity index (χ2n) is 14.1. The number of halogens is 5. The van der Waals surface area contributed by atoms with Crippen LogP contribution in [0.2, 0.25) is 0 Å². The highest BCUT2D eigenvalue weighted by Crippen LogP contribution is 2.49. The predicted octanol–water partition coefficient (Wildman–Crippen LogP) is 6.04. The van der Waals surface area contributed by atoms with Gasteiger partial charge in [0.05, 0.1) is 40.9 Å². The molecule has 0 radical (unpaired) electrons. The largest absolute Gasteiger partial charge is 0.495 e. The summed E-state index contributed by atoms with van der Waals surface area (Å²) in [6.45, 7) is 6.87. The minimum absolute atomic E-state index is 0.0343. The third-order valence-corrected chi connectivity index (χ3v) is 10.6. The number of hydrogen-bond acceptors (Lipinski definition) is 5. The molecule has 3 aliphatic rings. The molecule has 2 aromatic carbocycles. The molecule has 2 fully saturated rings. The van der Waals surface area contributed by atoms with Crippen LogP contribution in [0.25, 0.3) is 21.9 Å². The molecule has 7 rings (SSSR count). The van der Waals surface area contributed by atoms with Crippen molar-refractivity contribution in [2.45, 2.75) is 88.8 Å². The Morgan fingerprint density at radius 1 is 1.12 bits per heavy atom. The fraction of sp³-hybridized carbons (Fsp3) is 0.500. The minimum atomic E-state index is -4.62. The molecule has 4 heterocycles. The average Bonchev–Trinajstić information content (AvgIpc) is 3.69. The third kappa shape index (κ3) is 5.88. The van der Waals surface area contributed by atoms with Crippen LogP contribution < -0.4 is 10.8 Å². The summed E-state index contributed by atoms with van der Waals surface area (Å²) in [7, 11) is 2.26. The first-order valence-corrected chi connectivity index (χ1v) is 16.4. The van der Waals surface area contributed by atoms with Gasteiger partial charge in [-0.2, -0.15) is 18.3 Å². The van der Waals surface area contributed by atoms with Crippen LogP contribution in [-0.4, -0.2) is 68.1 Å². The topological polar surface area (TPSA) is 86.4 Å². The summed E-state index contributed by atoms with van der Waals surface area (Å²) in [5, 5.41) is 7.68. The van der Waals surface area contributed by atoms with Crippen LogP contribution in [0.4, 0.5) is 26.7 Å². The number of aromatic nitrogens is 4. The van der Waals surface area contributed by atoms with Crippen molar-refractivity contribution < 1.29 is 36.1 Å². The fourth-order valence-electron chi connectivity index (χ4n) is 7.38. The number of aryl methyl sites for hydroxylation is 2. The maximum Gasteiger partial charge on any atom is 0.495 e. The Kier molecular flexibility index (Phi) is 7.90. The highest BCUT2D eigenvalue weighted by molar-refractivity contribution is 6.65. The van der Waals surface area contributed by atoms with Gasteiger partial charge in [0, 0.05) is 57.7 Å².